The number of phosphoric acid groups is 1. The molecule has 0 aliphatic rings. The van der Waals surface area contributed by atoms with Crippen LogP contribution in [-0.2, 0) is 29.9 Å². The number of rotatable bonds is 16. The number of carbonyl (C=O) groups is 3. The first-order chi connectivity index (χ1) is 24.2. The maximum Gasteiger partial charge on any atom is 0.469 e. The topological polar surface area (TPSA) is 249 Å². The summed E-state index contributed by atoms with van der Waals surface area (Å²) in [6.45, 7) is 6.62. The Balaban J connectivity index is 0.000000341. The second-order valence-corrected chi connectivity index (χ2v) is 11.6. The Morgan fingerprint density at radius 2 is 1.75 bits per heavy atom. The Hall–Kier alpha value is -5.26. The molecule has 2 heterocycles. The molecule has 2 aromatic carbocycles. The fourth-order valence-electron chi connectivity index (χ4n) is 4.09. The number of carboxylic acids is 2. The molecule has 0 unspecified atom stereocenters. The van der Waals surface area contributed by atoms with Crippen molar-refractivity contribution in [1.29, 1.82) is 0 Å². The average Bonchev–Trinajstić information content (AvgIpc) is 3.51. The molecule has 276 valence electrons. The third-order valence-corrected chi connectivity index (χ3v) is 7.01. The molecule has 0 spiro atoms. The quantitative estimate of drug-likeness (QED) is 0.0624. The van der Waals surface area contributed by atoms with Crippen LogP contribution in [-0.4, -0.2) is 96.3 Å². The Bertz CT molecular complexity index is 1790. The van der Waals surface area contributed by atoms with Gasteiger partial charge in [0.05, 0.1) is 25.7 Å². The van der Waals surface area contributed by atoms with Gasteiger partial charge in [-0.3, -0.25) is 14.4 Å². The zero-order chi connectivity index (χ0) is 37.8. The van der Waals surface area contributed by atoms with E-state index < -0.39 is 25.6 Å². The molecule has 0 saturated carbocycles. The summed E-state index contributed by atoms with van der Waals surface area (Å²) >= 11 is 0. The number of anilines is 3. The van der Waals surface area contributed by atoms with E-state index in [0.29, 0.717) is 47.5 Å². The Morgan fingerprint density at radius 3 is 2.35 bits per heavy atom. The molecule has 51 heavy (non-hydrogen) atoms. The number of nitrogens with one attached hydrogen (secondary N) is 3. The number of methoxy groups -OCH3 is 1. The molecule has 4 aromatic rings. The average molecular weight is 734 g/mol. The zero-order valence-corrected chi connectivity index (χ0v) is 29.0. The first-order valence-corrected chi connectivity index (χ1v) is 17.0. The minimum atomic E-state index is -4.28. The number of benzene rings is 2. The van der Waals surface area contributed by atoms with Gasteiger partial charge in [-0.25, -0.2) is 28.5 Å². The van der Waals surface area contributed by atoms with E-state index in [-0.39, 0.29) is 18.9 Å². The van der Waals surface area contributed by atoms with E-state index in [1.807, 2.05) is 25.1 Å². The molecule has 0 aliphatic heterocycles. The van der Waals surface area contributed by atoms with Gasteiger partial charge in [-0.2, -0.15) is 5.10 Å². The lowest BCUT2D eigenvalue weighted by Crippen LogP contribution is -2.28. The van der Waals surface area contributed by atoms with Crippen LogP contribution in [0.25, 0.3) is 10.9 Å². The maximum absolute atomic E-state index is 13.2. The van der Waals surface area contributed by atoms with Crippen molar-refractivity contribution in [3.05, 3.63) is 78.5 Å². The molecule has 0 atom stereocenters. The van der Waals surface area contributed by atoms with Gasteiger partial charge in [0.25, 0.3) is 0 Å². The van der Waals surface area contributed by atoms with Crippen LogP contribution in [0.5, 0.6) is 5.75 Å². The molecule has 1 amide bonds. The number of likely N-dealkylation sites (N-methyl/N-ethyl adjacent to an activating group) is 1. The highest BCUT2D eigenvalue weighted by molar-refractivity contribution is 7.46. The summed E-state index contributed by atoms with van der Waals surface area (Å²) < 4.78 is 33.2. The molecule has 0 bridgehead atoms. The molecular weight excluding hydrogens is 692 g/mol. The van der Waals surface area contributed by atoms with Crippen molar-refractivity contribution in [2.75, 3.05) is 44.0 Å². The van der Waals surface area contributed by atoms with Gasteiger partial charge < -0.3 is 40.3 Å². The van der Waals surface area contributed by atoms with Crippen LogP contribution in [0.4, 0.5) is 21.7 Å². The van der Waals surface area contributed by atoms with Gasteiger partial charge in [-0.05, 0) is 49.8 Å². The molecule has 19 heteroatoms. The fourth-order valence-corrected chi connectivity index (χ4v) is 4.41. The van der Waals surface area contributed by atoms with Crippen molar-refractivity contribution in [3.8, 4) is 5.75 Å². The number of hydrogen-bond donors (Lipinski definition) is 7. The van der Waals surface area contributed by atoms with Gasteiger partial charge in [0, 0.05) is 47.6 Å². The summed E-state index contributed by atoms with van der Waals surface area (Å²) in [5, 5.41) is 29.2. The van der Waals surface area contributed by atoms with Crippen molar-refractivity contribution < 1.29 is 52.6 Å². The van der Waals surface area contributed by atoms with E-state index in [1.54, 1.807) is 19.2 Å². The number of phosphoric ester groups is 1. The van der Waals surface area contributed by atoms with E-state index in [0.717, 1.165) is 36.8 Å². The fraction of sp³-hybridized carbons (Fsp3) is 0.312. The van der Waals surface area contributed by atoms with Crippen molar-refractivity contribution in [3.63, 3.8) is 0 Å². The Morgan fingerprint density at radius 1 is 1.02 bits per heavy atom. The third-order valence-electron chi connectivity index (χ3n) is 6.49. The van der Waals surface area contributed by atoms with Gasteiger partial charge >= 0.3 is 19.8 Å². The van der Waals surface area contributed by atoms with Gasteiger partial charge in [-0.15, -0.1) is 0 Å². The predicted molar refractivity (Wildman–Crippen MR) is 186 cm³/mol. The van der Waals surface area contributed by atoms with Crippen molar-refractivity contribution in [2.45, 2.75) is 33.1 Å². The lowest BCUT2D eigenvalue weighted by atomic mass is 10.2. The van der Waals surface area contributed by atoms with Crippen LogP contribution < -0.4 is 15.4 Å². The highest BCUT2D eigenvalue weighted by Gasteiger charge is 2.14. The SMILES string of the molecule is CCCCN(CC)CCOP(=O)(O)O.COc1ccc2c(Nc3cc(CC(=O)Nc4cccc(F)c4)[nH]n3)ncnc2c1.O=C(O)/C=C\C(=O)O. The number of fused-ring (bicyclic) bond motifs is 1. The van der Waals surface area contributed by atoms with E-state index in [4.69, 9.17) is 24.7 Å². The van der Waals surface area contributed by atoms with Gasteiger partial charge in [0.15, 0.2) is 5.82 Å². The number of amides is 1. The highest BCUT2D eigenvalue weighted by Crippen LogP contribution is 2.35. The van der Waals surface area contributed by atoms with Crippen LogP contribution in [0.15, 0.2) is 67.0 Å². The summed E-state index contributed by atoms with van der Waals surface area (Å²) in [5.41, 5.74) is 1.73. The van der Waals surface area contributed by atoms with Crippen LogP contribution >= 0.6 is 7.82 Å². The number of H-pyrrole nitrogens is 1. The summed E-state index contributed by atoms with van der Waals surface area (Å²) in [6.07, 6.45) is 4.85. The van der Waals surface area contributed by atoms with Gasteiger partial charge in [0.1, 0.15) is 23.7 Å². The molecule has 2 aromatic heterocycles. The molecule has 0 fully saturated rings. The third kappa shape index (κ3) is 17.3. The summed E-state index contributed by atoms with van der Waals surface area (Å²) in [7, 11) is -2.69. The number of unbranched alkanes of at least 4 members (excludes halogenated alkanes) is 1. The number of ether oxygens (including phenoxy) is 1. The first kappa shape index (κ1) is 41.9. The normalized spacial score (nSPS) is 11.0. The molecule has 4 rings (SSSR count). The van der Waals surface area contributed by atoms with Gasteiger partial charge in [0.2, 0.25) is 5.91 Å². The second kappa shape index (κ2) is 21.7. The molecular formula is C32H41FN7O10P. The number of halogens is 1. The second-order valence-electron chi connectivity index (χ2n) is 10.4. The number of carboxylic acid groups (broad SMARTS) is 2. The summed E-state index contributed by atoms with van der Waals surface area (Å²) in [5.74, 6) is -1.42. The van der Waals surface area contributed by atoms with Crippen molar-refractivity contribution >= 4 is 53.9 Å². The van der Waals surface area contributed by atoms with E-state index in [1.165, 1.54) is 24.5 Å². The summed E-state index contributed by atoms with van der Waals surface area (Å²) in [4.78, 5) is 58.8. The van der Waals surface area contributed by atoms with Crippen LogP contribution in [0.3, 0.4) is 0 Å². The molecule has 17 nitrogen and oxygen atoms in total. The van der Waals surface area contributed by atoms with Gasteiger partial charge in [-0.1, -0.05) is 26.3 Å². The standard InChI is InChI=1S/C20H17FN6O2.C8H20NO4P.C4H4O4/c1-29-15-5-6-16-17(10-15)22-11-23-20(16)25-18-8-14(26-27-18)9-19(28)24-13-4-2-3-12(21)7-13;1-3-5-6-9(4-2)7-8-13-14(10,11)12;5-3(6)1-2-4(7)8/h2-8,10-11H,9H2,1H3,(H,24,28)(H2,22,23,25,26,27);3-8H2,1-2H3,(H2,10,11,12);1-2H,(H,5,6)(H,7,8)/b;;2-1-. The van der Waals surface area contributed by atoms with Crippen molar-refractivity contribution in [2.24, 2.45) is 0 Å². The summed E-state index contributed by atoms with van der Waals surface area (Å²) in [6, 6.07) is 12.9. The zero-order valence-electron chi connectivity index (χ0n) is 28.2. The Labute approximate surface area is 292 Å². The largest absolute Gasteiger partial charge is 0.497 e. The predicted octanol–water partition coefficient (Wildman–Crippen LogP) is 4.35. The number of aliphatic carboxylic acids is 2. The van der Waals surface area contributed by atoms with Crippen molar-refractivity contribution in [1.82, 2.24) is 25.1 Å². The highest BCUT2D eigenvalue weighted by atomic mass is 31.2. The smallest absolute Gasteiger partial charge is 0.469 e. The minimum Gasteiger partial charge on any atom is -0.497 e. The molecule has 0 saturated heterocycles. The molecule has 7 N–H and O–H groups in total. The monoisotopic (exact) mass is 733 g/mol. The van der Waals surface area contributed by atoms with E-state index in [2.05, 4.69) is 47.1 Å². The van der Waals surface area contributed by atoms with Crippen LogP contribution in [0.2, 0.25) is 0 Å². The van der Waals surface area contributed by atoms with Crippen LogP contribution in [0, 0.1) is 5.82 Å². The van der Waals surface area contributed by atoms with E-state index >= 15 is 0 Å². The maximum atomic E-state index is 13.2. The lowest BCUT2D eigenvalue weighted by molar-refractivity contribution is -0.134. The number of hydrogen-bond acceptors (Lipinski definition) is 11. The Kier molecular flexibility index (Phi) is 17.9. The number of nitrogens with zero attached hydrogens (tertiary/aromatic N) is 4. The number of aromatic amines is 1. The van der Waals surface area contributed by atoms with E-state index in [9.17, 15) is 23.3 Å². The number of aromatic nitrogens is 4. The first-order valence-electron chi connectivity index (χ1n) is 15.4. The van der Waals surface area contributed by atoms with Crippen LogP contribution in [0.1, 0.15) is 32.4 Å². The lowest BCUT2D eigenvalue weighted by Gasteiger charge is -2.19. The molecule has 0 aliphatic carbocycles. The minimum absolute atomic E-state index is 0.0624. The molecule has 0 radical (unpaired) electrons. The number of carbonyl (C=O) groups excluding carboxylic acids is 1.